The Hall–Kier alpha value is -3.27. The molecule has 1 unspecified atom stereocenters. The molecule has 1 N–H and O–H groups in total. The number of hydrogen-bond acceptors (Lipinski definition) is 6. The molecule has 2 aromatic rings. The van der Waals surface area contributed by atoms with Gasteiger partial charge in [-0.25, -0.2) is 0 Å². The summed E-state index contributed by atoms with van der Waals surface area (Å²) in [6.45, 7) is 0.593. The number of nitrogens with zero attached hydrogens (tertiary/aromatic N) is 2. The van der Waals surface area contributed by atoms with Crippen LogP contribution < -0.4 is 19.5 Å². The SMILES string of the molecule is COc1cc(C(=O)N2CCN3C(=O)c4cc(Br)ccc4NC(=O)C3C2)cc(OC)c1OC. The van der Waals surface area contributed by atoms with Crippen molar-refractivity contribution in [3.63, 3.8) is 0 Å². The van der Waals surface area contributed by atoms with Crippen LogP contribution in [0.4, 0.5) is 5.69 Å². The lowest BCUT2D eigenvalue weighted by atomic mass is 10.1. The number of rotatable bonds is 4. The van der Waals surface area contributed by atoms with E-state index in [0.29, 0.717) is 34.1 Å². The fourth-order valence-corrected chi connectivity index (χ4v) is 4.36. The molecule has 3 amide bonds. The Kier molecular flexibility index (Phi) is 5.96. The number of halogens is 1. The number of carbonyl (C=O) groups excluding carboxylic acids is 3. The minimum atomic E-state index is -0.798. The summed E-state index contributed by atoms with van der Waals surface area (Å²) in [6.07, 6.45) is 0. The van der Waals surface area contributed by atoms with Gasteiger partial charge in [0.1, 0.15) is 6.04 Å². The van der Waals surface area contributed by atoms with E-state index in [1.807, 2.05) is 0 Å². The predicted octanol–water partition coefficient (Wildman–Crippen LogP) is 2.39. The molecule has 1 atom stereocenters. The van der Waals surface area contributed by atoms with Crippen LogP contribution in [0.15, 0.2) is 34.8 Å². The third-order valence-electron chi connectivity index (χ3n) is 5.61. The molecule has 32 heavy (non-hydrogen) atoms. The molecule has 0 bridgehead atoms. The number of piperazine rings is 1. The molecule has 2 heterocycles. The number of anilines is 1. The second-order valence-corrected chi connectivity index (χ2v) is 8.27. The maximum Gasteiger partial charge on any atom is 0.256 e. The van der Waals surface area contributed by atoms with Crippen LogP contribution in [0.25, 0.3) is 0 Å². The molecule has 0 radical (unpaired) electrons. The van der Waals surface area contributed by atoms with Gasteiger partial charge in [0.2, 0.25) is 11.7 Å². The Morgan fingerprint density at radius 1 is 1.03 bits per heavy atom. The minimum absolute atomic E-state index is 0.0717. The van der Waals surface area contributed by atoms with Crippen molar-refractivity contribution in [1.82, 2.24) is 9.80 Å². The van der Waals surface area contributed by atoms with Crippen LogP contribution in [0.2, 0.25) is 0 Å². The summed E-state index contributed by atoms with van der Waals surface area (Å²) in [6, 6.07) is 7.48. The molecule has 2 aromatic carbocycles. The molecule has 10 heteroatoms. The zero-order valence-corrected chi connectivity index (χ0v) is 19.4. The molecule has 0 saturated carbocycles. The van der Waals surface area contributed by atoms with Gasteiger partial charge in [0, 0.05) is 23.1 Å². The van der Waals surface area contributed by atoms with E-state index in [9.17, 15) is 14.4 Å². The summed E-state index contributed by atoms with van der Waals surface area (Å²) in [7, 11) is 4.43. The third-order valence-corrected chi connectivity index (χ3v) is 6.11. The quantitative estimate of drug-likeness (QED) is 0.687. The Bertz CT molecular complexity index is 1080. The average Bonchev–Trinajstić information content (AvgIpc) is 2.91. The zero-order chi connectivity index (χ0) is 23.0. The van der Waals surface area contributed by atoms with Crippen molar-refractivity contribution in [2.45, 2.75) is 6.04 Å². The van der Waals surface area contributed by atoms with Crippen LogP contribution in [0.1, 0.15) is 20.7 Å². The molecule has 4 rings (SSSR count). The van der Waals surface area contributed by atoms with Crippen LogP contribution in [-0.2, 0) is 4.79 Å². The topological polar surface area (TPSA) is 97.4 Å². The number of nitrogens with one attached hydrogen (secondary N) is 1. The Balaban J connectivity index is 1.61. The van der Waals surface area contributed by atoms with Gasteiger partial charge in [-0.15, -0.1) is 0 Å². The van der Waals surface area contributed by atoms with Crippen LogP contribution in [-0.4, -0.2) is 74.5 Å². The van der Waals surface area contributed by atoms with Gasteiger partial charge in [0.25, 0.3) is 11.8 Å². The first-order valence-corrected chi connectivity index (χ1v) is 10.7. The van der Waals surface area contributed by atoms with Gasteiger partial charge in [0.05, 0.1) is 39.1 Å². The van der Waals surface area contributed by atoms with E-state index in [-0.39, 0.29) is 37.4 Å². The summed E-state index contributed by atoms with van der Waals surface area (Å²) in [5.74, 6) is 0.226. The van der Waals surface area contributed by atoms with Gasteiger partial charge >= 0.3 is 0 Å². The van der Waals surface area contributed by atoms with E-state index < -0.39 is 6.04 Å². The lowest BCUT2D eigenvalue weighted by Gasteiger charge is -2.39. The van der Waals surface area contributed by atoms with Crippen molar-refractivity contribution < 1.29 is 28.6 Å². The number of ether oxygens (including phenoxy) is 3. The molecule has 0 aliphatic carbocycles. The first kappa shape index (κ1) is 21.9. The van der Waals surface area contributed by atoms with E-state index in [1.54, 1.807) is 35.2 Å². The molecule has 0 aromatic heterocycles. The van der Waals surface area contributed by atoms with Crippen LogP contribution in [0.3, 0.4) is 0 Å². The monoisotopic (exact) mass is 503 g/mol. The highest BCUT2D eigenvalue weighted by Crippen LogP contribution is 2.38. The van der Waals surface area contributed by atoms with E-state index in [0.717, 1.165) is 4.47 Å². The highest BCUT2D eigenvalue weighted by molar-refractivity contribution is 9.10. The number of amides is 3. The van der Waals surface area contributed by atoms with Crippen LogP contribution in [0, 0.1) is 0 Å². The van der Waals surface area contributed by atoms with Crippen molar-refractivity contribution >= 4 is 39.3 Å². The standard InChI is InChI=1S/C22H22BrN3O6/c1-30-17-8-12(9-18(31-2)19(17)32-3)21(28)25-6-7-26-16(11-25)20(27)24-15-5-4-13(23)10-14(15)22(26)29/h4-5,8-10,16H,6-7,11H2,1-3H3,(H,24,27). The largest absolute Gasteiger partial charge is 0.493 e. The summed E-state index contributed by atoms with van der Waals surface area (Å²) < 4.78 is 16.7. The lowest BCUT2D eigenvalue weighted by molar-refractivity contribution is -0.121. The first-order chi connectivity index (χ1) is 15.4. The van der Waals surface area contributed by atoms with Crippen LogP contribution in [0.5, 0.6) is 17.2 Å². The van der Waals surface area contributed by atoms with E-state index in [1.165, 1.54) is 26.2 Å². The fraction of sp³-hybridized carbons (Fsp3) is 0.318. The smallest absolute Gasteiger partial charge is 0.256 e. The molecule has 2 aliphatic heterocycles. The lowest BCUT2D eigenvalue weighted by Crippen LogP contribution is -2.59. The molecule has 0 spiro atoms. The van der Waals surface area contributed by atoms with E-state index >= 15 is 0 Å². The van der Waals surface area contributed by atoms with Crippen molar-refractivity contribution in [3.8, 4) is 17.2 Å². The number of hydrogen-bond donors (Lipinski definition) is 1. The normalized spacial score (nSPS) is 17.7. The summed E-state index contributed by atoms with van der Waals surface area (Å²) in [4.78, 5) is 42.4. The van der Waals surface area contributed by atoms with Crippen molar-refractivity contribution in [2.24, 2.45) is 0 Å². The van der Waals surface area contributed by atoms with Gasteiger partial charge in [0.15, 0.2) is 11.5 Å². The zero-order valence-electron chi connectivity index (χ0n) is 17.8. The molecule has 1 fully saturated rings. The second-order valence-electron chi connectivity index (χ2n) is 7.36. The third kappa shape index (κ3) is 3.75. The van der Waals surface area contributed by atoms with E-state index in [2.05, 4.69) is 21.2 Å². The van der Waals surface area contributed by atoms with Gasteiger partial charge in [-0.2, -0.15) is 0 Å². The van der Waals surface area contributed by atoms with Gasteiger partial charge in [-0.1, -0.05) is 15.9 Å². The Labute approximate surface area is 193 Å². The molecular weight excluding hydrogens is 482 g/mol. The molecular formula is C22H22BrN3O6. The number of benzene rings is 2. The minimum Gasteiger partial charge on any atom is -0.493 e. The van der Waals surface area contributed by atoms with E-state index in [4.69, 9.17) is 14.2 Å². The van der Waals surface area contributed by atoms with Crippen molar-refractivity contribution in [3.05, 3.63) is 45.9 Å². The maximum absolute atomic E-state index is 13.3. The highest BCUT2D eigenvalue weighted by Gasteiger charge is 2.40. The summed E-state index contributed by atoms with van der Waals surface area (Å²) in [5, 5.41) is 2.81. The van der Waals surface area contributed by atoms with Gasteiger partial charge < -0.3 is 29.3 Å². The second kappa shape index (κ2) is 8.70. The van der Waals surface area contributed by atoms with Crippen LogP contribution >= 0.6 is 15.9 Å². The number of carbonyl (C=O) groups is 3. The highest BCUT2D eigenvalue weighted by atomic mass is 79.9. The summed E-state index contributed by atoms with van der Waals surface area (Å²) in [5.41, 5.74) is 1.21. The van der Waals surface area contributed by atoms with Gasteiger partial charge in [-0.05, 0) is 30.3 Å². The average molecular weight is 504 g/mol. The molecule has 168 valence electrons. The Morgan fingerprint density at radius 3 is 2.34 bits per heavy atom. The number of methoxy groups -OCH3 is 3. The summed E-state index contributed by atoms with van der Waals surface area (Å²) >= 11 is 3.37. The Morgan fingerprint density at radius 2 is 1.72 bits per heavy atom. The fourth-order valence-electron chi connectivity index (χ4n) is 4.00. The van der Waals surface area contributed by atoms with Gasteiger partial charge in [-0.3, -0.25) is 14.4 Å². The van der Waals surface area contributed by atoms with Crippen molar-refractivity contribution in [1.29, 1.82) is 0 Å². The predicted molar refractivity (Wildman–Crippen MR) is 120 cm³/mol. The number of fused-ring (bicyclic) bond motifs is 2. The molecule has 9 nitrogen and oxygen atoms in total. The van der Waals surface area contributed by atoms with Crippen molar-refractivity contribution in [2.75, 3.05) is 46.3 Å². The molecule has 1 saturated heterocycles. The first-order valence-electron chi connectivity index (χ1n) is 9.88. The molecule has 2 aliphatic rings. The maximum atomic E-state index is 13.3.